The predicted molar refractivity (Wildman–Crippen MR) is 81.6 cm³/mol. The van der Waals surface area contributed by atoms with Gasteiger partial charge in [-0.2, -0.15) is 0 Å². The molecule has 0 bridgehead atoms. The van der Waals surface area contributed by atoms with Crippen LogP contribution in [0.25, 0.3) is 0 Å². The summed E-state index contributed by atoms with van der Waals surface area (Å²) in [4.78, 5) is 12.5. The molecule has 0 saturated carbocycles. The Bertz CT molecular complexity index is 599. The van der Waals surface area contributed by atoms with Gasteiger partial charge >= 0.3 is 0 Å². The third-order valence-electron chi connectivity index (χ3n) is 2.47. The Morgan fingerprint density at radius 2 is 1.95 bits per heavy atom. The normalized spacial score (nSPS) is 10.3. The van der Waals surface area contributed by atoms with Gasteiger partial charge in [-0.1, -0.05) is 17.7 Å². The van der Waals surface area contributed by atoms with Crippen LogP contribution in [0.2, 0.25) is 5.02 Å². The molecule has 0 heterocycles. The molecule has 2 rings (SSSR count). The zero-order valence-electron chi connectivity index (χ0n) is 10.4. The van der Waals surface area contributed by atoms with Gasteiger partial charge in [0.25, 0.3) is 0 Å². The molecule has 6 heteroatoms. The lowest BCUT2D eigenvalue weighted by molar-refractivity contribution is -0.113. The Morgan fingerprint density at radius 1 is 1.25 bits per heavy atom. The van der Waals surface area contributed by atoms with Crippen LogP contribution in [0.3, 0.4) is 0 Å². The van der Waals surface area contributed by atoms with E-state index in [1.54, 1.807) is 18.2 Å². The first-order chi connectivity index (χ1) is 9.56. The fourth-order valence-corrected chi connectivity index (χ4v) is 2.68. The van der Waals surface area contributed by atoms with Crippen molar-refractivity contribution in [3.63, 3.8) is 0 Å². The van der Waals surface area contributed by atoms with E-state index in [1.807, 2.05) is 0 Å². The maximum atomic E-state index is 12.7. The minimum absolute atomic E-state index is 0.172. The molecule has 0 unspecified atom stereocenters. The predicted octanol–water partition coefficient (Wildman–Crippen LogP) is 3.79. The van der Waals surface area contributed by atoms with Gasteiger partial charge in [-0.3, -0.25) is 4.79 Å². The van der Waals surface area contributed by atoms with Crippen molar-refractivity contribution >= 4 is 40.6 Å². The molecule has 0 radical (unpaired) electrons. The molecule has 0 saturated heterocycles. The summed E-state index contributed by atoms with van der Waals surface area (Å²) in [6, 6.07) is 10.8. The molecule has 0 aliphatic rings. The zero-order chi connectivity index (χ0) is 14.5. The van der Waals surface area contributed by atoms with Gasteiger partial charge in [0.05, 0.1) is 10.8 Å². The minimum atomic E-state index is -0.346. The van der Waals surface area contributed by atoms with Crippen LogP contribution in [-0.4, -0.2) is 11.7 Å². The molecule has 2 aromatic rings. The second-order valence-electron chi connectivity index (χ2n) is 4.00. The van der Waals surface area contributed by atoms with E-state index in [0.717, 1.165) is 0 Å². The van der Waals surface area contributed by atoms with Crippen LogP contribution in [0, 0.1) is 5.82 Å². The number of halogens is 2. The van der Waals surface area contributed by atoms with Gasteiger partial charge in [-0.05, 0) is 36.4 Å². The van der Waals surface area contributed by atoms with Crippen molar-refractivity contribution in [3.8, 4) is 0 Å². The van der Waals surface area contributed by atoms with Crippen molar-refractivity contribution in [2.45, 2.75) is 4.90 Å². The number of rotatable bonds is 4. The standard InChI is InChI=1S/C14H12ClFN2OS/c15-11-2-1-3-12(17)14(11)20-8-13(19)18-10-6-4-9(16)5-7-10/h1-7H,8,17H2,(H,18,19). The smallest absolute Gasteiger partial charge is 0.234 e. The zero-order valence-corrected chi connectivity index (χ0v) is 12.0. The molecule has 3 nitrogen and oxygen atoms in total. The van der Waals surface area contributed by atoms with Crippen LogP contribution >= 0.6 is 23.4 Å². The molecular weight excluding hydrogens is 299 g/mol. The molecule has 20 heavy (non-hydrogen) atoms. The highest BCUT2D eigenvalue weighted by molar-refractivity contribution is 8.00. The molecule has 1 amide bonds. The van der Waals surface area contributed by atoms with Crippen LogP contribution < -0.4 is 11.1 Å². The maximum Gasteiger partial charge on any atom is 0.234 e. The van der Waals surface area contributed by atoms with E-state index in [4.69, 9.17) is 17.3 Å². The van der Waals surface area contributed by atoms with E-state index in [-0.39, 0.29) is 17.5 Å². The highest BCUT2D eigenvalue weighted by Gasteiger charge is 2.09. The molecule has 0 aliphatic heterocycles. The molecule has 0 fully saturated rings. The summed E-state index contributed by atoms with van der Waals surface area (Å²) in [5, 5.41) is 3.19. The van der Waals surface area contributed by atoms with E-state index in [1.165, 1.54) is 36.0 Å². The second kappa shape index (κ2) is 6.63. The summed E-state index contributed by atoms with van der Waals surface area (Å²) in [5.41, 5.74) is 6.88. The first kappa shape index (κ1) is 14.7. The third kappa shape index (κ3) is 3.88. The number of carbonyl (C=O) groups excluding carboxylic acids is 1. The lowest BCUT2D eigenvalue weighted by atomic mass is 10.3. The van der Waals surface area contributed by atoms with Gasteiger partial charge in [0.1, 0.15) is 5.82 Å². The Kier molecular flexibility index (Phi) is 4.87. The number of nitrogens with two attached hydrogens (primary N) is 1. The Hall–Kier alpha value is -1.72. The van der Waals surface area contributed by atoms with Crippen LogP contribution in [0.1, 0.15) is 0 Å². The average molecular weight is 311 g/mol. The van der Waals surface area contributed by atoms with E-state index in [0.29, 0.717) is 21.3 Å². The molecule has 0 atom stereocenters. The van der Waals surface area contributed by atoms with Crippen molar-refractivity contribution in [1.82, 2.24) is 0 Å². The van der Waals surface area contributed by atoms with Crippen molar-refractivity contribution in [1.29, 1.82) is 0 Å². The summed E-state index contributed by atoms with van der Waals surface area (Å²) >= 11 is 7.28. The van der Waals surface area contributed by atoms with Crippen LogP contribution in [0.4, 0.5) is 15.8 Å². The molecule has 0 spiro atoms. The molecule has 104 valence electrons. The number of benzene rings is 2. The largest absolute Gasteiger partial charge is 0.398 e. The molecule has 2 aromatic carbocycles. The lowest BCUT2D eigenvalue weighted by Gasteiger charge is -2.08. The maximum absolute atomic E-state index is 12.7. The second-order valence-corrected chi connectivity index (χ2v) is 5.39. The topological polar surface area (TPSA) is 55.1 Å². The third-order valence-corrected chi connectivity index (χ3v) is 4.05. The summed E-state index contributed by atoms with van der Waals surface area (Å²) < 4.78 is 12.7. The number of nitrogens with one attached hydrogen (secondary N) is 1. The van der Waals surface area contributed by atoms with Gasteiger partial charge in [-0.25, -0.2) is 4.39 Å². The Labute approximate surface area is 125 Å². The van der Waals surface area contributed by atoms with Gasteiger partial charge in [-0.15, -0.1) is 11.8 Å². The molecular formula is C14H12ClFN2OS. The number of thioether (sulfide) groups is 1. The van der Waals surface area contributed by atoms with Crippen molar-refractivity contribution < 1.29 is 9.18 Å². The average Bonchev–Trinajstić information content (AvgIpc) is 2.41. The lowest BCUT2D eigenvalue weighted by Crippen LogP contribution is -2.14. The van der Waals surface area contributed by atoms with E-state index < -0.39 is 0 Å². The minimum Gasteiger partial charge on any atom is -0.398 e. The summed E-state index contributed by atoms with van der Waals surface area (Å²) in [6.45, 7) is 0. The van der Waals surface area contributed by atoms with E-state index in [9.17, 15) is 9.18 Å². The van der Waals surface area contributed by atoms with Gasteiger partial charge < -0.3 is 11.1 Å². The monoisotopic (exact) mass is 310 g/mol. The number of nitrogen functional groups attached to an aromatic ring is 1. The number of anilines is 2. The fraction of sp³-hybridized carbons (Fsp3) is 0.0714. The van der Waals surface area contributed by atoms with Crippen molar-refractivity contribution in [2.24, 2.45) is 0 Å². The SMILES string of the molecule is Nc1cccc(Cl)c1SCC(=O)Nc1ccc(F)cc1. The van der Waals surface area contributed by atoms with Crippen LogP contribution in [0.5, 0.6) is 0 Å². The first-order valence-electron chi connectivity index (χ1n) is 5.78. The highest BCUT2D eigenvalue weighted by atomic mass is 35.5. The van der Waals surface area contributed by atoms with Crippen LogP contribution in [-0.2, 0) is 4.79 Å². The molecule has 0 aliphatic carbocycles. The van der Waals surface area contributed by atoms with Gasteiger partial charge in [0.15, 0.2) is 0 Å². The number of hydrogen-bond donors (Lipinski definition) is 2. The Balaban J connectivity index is 1.94. The van der Waals surface area contributed by atoms with E-state index >= 15 is 0 Å². The van der Waals surface area contributed by atoms with E-state index in [2.05, 4.69) is 5.32 Å². The van der Waals surface area contributed by atoms with Crippen molar-refractivity contribution in [2.75, 3.05) is 16.8 Å². The van der Waals surface area contributed by atoms with Gasteiger partial charge in [0, 0.05) is 16.3 Å². The van der Waals surface area contributed by atoms with Crippen LogP contribution in [0.15, 0.2) is 47.4 Å². The van der Waals surface area contributed by atoms with Gasteiger partial charge in [0.2, 0.25) is 5.91 Å². The summed E-state index contributed by atoms with van der Waals surface area (Å²) in [5.74, 6) is -0.382. The number of hydrogen-bond acceptors (Lipinski definition) is 3. The summed E-state index contributed by atoms with van der Waals surface area (Å²) in [6.07, 6.45) is 0. The first-order valence-corrected chi connectivity index (χ1v) is 7.15. The molecule has 0 aromatic heterocycles. The summed E-state index contributed by atoms with van der Waals surface area (Å²) in [7, 11) is 0. The van der Waals surface area contributed by atoms with Crippen molar-refractivity contribution in [3.05, 3.63) is 53.3 Å². The fourth-order valence-electron chi connectivity index (χ4n) is 1.55. The highest BCUT2D eigenvalue weighted by Crippen LogP contribution is 2.32. The molecule has 3 N–H and O–H groups in total. The number of carbonyl (C=O) groups is 1. The Morgan fingerprint density at radius 3 is 2.60 bits per heavy atom. The quantitative estimate of drug-likeness (QED) is 0.667. The number of amides is 1.